The van der Waals surface area contributed by atoms with Crippen LogP contribution in [0.4, 0.5) is 11.6 Å². The van der Waals surface area contributed by atoms with Crippen LogP contribution in [0.15, 0.2) is 146 Å². The van der Waals surface area contributed by atoms with Crippen molar-refractivity contribution in [3.05, 3.63) is 168 Å². The molecule has 390 valence electrons. The minimum Gasteiger partial charge on any atom is -0.508 e. The number of pyridine rings is 2. The van der Waals surface area contributed by atoms with E-state index in [0.717, 1.165) is 83.3 Å². The predicted octanol–water partition coefficient (Wildman–Crippen LogP) is 14.1. The summed E-state index contributed by atoms with van der Waals surface area (Å²) in [5.74, 6) is 3.98. The number of hydrogen-bond donors (Lipinski definition) is 2. The molecule has 1 atom stereocenters. The van der Waals surface area contributed by atoms with E-state index in [2.05, 4.69) is 124 Å². The van der Waals surface area contributed by atoms with E-state index in [1.54, 1.807) is 48.5 Å². The fourth-order valence-electron chi connectivity index (χ4n) is 8.85. The van der Waals surface area contributed by atoms with Gasteiger partial charge in [-0.05, 0) is 153 Å². The van der Waals surface area contributed by atoms with Gasteiger partial charge in [-0.15, -0.1) is 0 Å². The van der Waals surface area contributed by atoms with Gasteiger partial charge in [0.05, 0.1) is 33.9 Å². The lowest BCUT2D eigenvalue weighted by atomic mass is 9.91. The lowest BCUT2D eigenvalue weighted by Crippen LogP contribution is -2.34. The van der Waals surface area contributed by atoms with Gasteiger partial charge in [-0.2, -0.15) is 0 Å². The minimum absolute atomic E-state index is 0.0143. The number of carbonyl (C=O) groups is 2. The van der Waals surface area contributed by atoms with Gasteiger partial charge in [-0.1, -0.05) is 109 Å². The Morgan fingerprint density at radius 1 is 0.560 bits per heavy atom. The van der Waals surface area contributed by atoms with Crippen molar-refractivity contribution >= 4 is 45.0 Å². The van der Waals surface area contributed by atoms with Crippen LogP contribution in [0.1, 0.15) is 83.6 Å². The van der Waals surface area contributed by atoms with Gasteiger partial charge in [0.1, 0.15) is 34.6 Å². The molecule has 0 aliphatic carbocycles. The smallest absolute Gasteiger partial charge is 0.229 e. The molecule has 0 spiro atoms. The van der Waals surface area contributed by atoms with Gasteiger partial charge in [0.25, 0.3) is 0 Å². The summed E-state index contributed by atoms with van der Waals surface area (Å²) >= 11 is 0. The maximum atomic E-state index is 13.7. The number of aromatic nitrogens is 2. The number of aliphatic hydroxyl groups is 1. The second-order valence-electron chi connectivity index (χ2n) is 21.9. The van der Waals surface area contributed by atoms with Gasteiger partial charge in [-0.25, -0.2) is 9.97 Å². The molecule has 6 aromatic carbocycles. The first-order valence-electron chi connectivity index (χ1n) is 25.5. The van der Waals surface area contributed by atoms with Crippen LogP contribution in [0.25, 0.3) is 43.8 Å². The number of phenols is 1. The second-order valence-corrected chi connectivity index (χ2v) is 21.9. The van der Waals surface area contributed by atoms with Crippen molar-refractivity contribution < 1.29 is 34.0 Å². The molecule has 11 heteroatoms. The highest BCUT2D eigenvalue weighted by Gasteiger charge is 2.27. The molecule has 0 radical (unpaired) electrons. The van der Waals surface area contributed by atoms with Crippen molar-refractivity contribution in [2.24, 2.45) is 16.7 Å². The zero-order valence-corrected chi connectivity index (χ0v) is 45.4. The number of hydrogen-bond acceptors (Lipinski definition) is 9. The molecule has 2 heterocycles. The van der Waals surface area contributed by atoms with Crippen molar-refractivity contribution in [3.63, 3.8) is 0 Å². The van der Waals surface area contributed by atoms with Gasteiger partial charge in [0, 0.05) is 48.5 Å². The number of aryl methyl sites for hydroxylation is 2. The summed E-state index contributed by atoms with van der Waals surface area (Å²) in [7, 11) is 3.36. The fourth-order valence-corrected chi connectivity index (χ4v) is 8.85. The Balaban J connectivity index is 0.000000221. The molecule has 2 N–H and O–H groups in total. The molecule has 11 nitrogen and oxygen atoms in total. The Hall–Kier alpha value is -7.76. The number of nitrogens with zero attached hydrogens (tertiary/aromatic N) is 4. The van der Waals surface area contributed by atoms with Crippen LogP contribution in [0.2, 0.25) is 0 Å². The van der Waals surface area contributed by atoms with Crippen molar-refractivity contribution in [3.8, 4) is 45.3 Å². The molecular formula is C64H72N4O7. The van der Waals surface area contributed by atoms with Crippen LogP contribution >= 0.6 is 0 Å². The maximum absolute atomic E-state index is 13.7. The Kier molecular flexibility index (Phi) is 17.6. The molecule has 1 unspecified atom stereocenters. The van der Waals surface area contributed by atoms with Crippen LogP contribution in [0.5, 0.6) is 23.0 Å². The molecule has 0 saturated heterocycles. The first kappa shape index (κ1) is 55.0. The van der Waals surface area contributed by atoms with Gasteiger partial charge in [0.15, 0.2) is 0 Å². The van der Waals surface area contributed by atoms with Crippen LogP contribution < -0.4 is 24.0 Å². The number of carbonyl (C=O) groups excluding carboxylic acids is 2. The summed E-state index contributed by atoms with van der Waals surface area (Å²) in [5, 5.41) is 22.7. The van der Waals surface area contributed by atoms with E-state index in [1.807, 2.05) is 69.3 Å². The number of aromatic hydroxyl groups is 1. The van der Waals surface area contributed by atoms with E-state index in [1.165, 1.54) is 0 Å². The lowest BCUT2D eigenvalue weighted by Gasteiger charge is -2.27. The third kappa shape index (κ3) is 14.5. The molecule has 2 amide bonds. The van der Waals surface area contributed by atoms with Crippen molar-refractivity contribution in [2.45, 2.75) is 88.2 Å². The molecule has 75 heavy (non-hydrogen) atoms. The van der Waals surface area contributed by atoms with Crippen molar-refractivity contribution in [1.82, 2.24) is 9.97 Å². The Bertz CT molecular complexity index is 3250. The summed E-state index contributed by atoms with van der Waals surface area (Å²) in [6.45, 7) is 19.7. The zero-order chi connectivity index (χ0) is 54.0. The number of anilines is 2. The van der Waals surface area contributed by atoms with Crippen molar-refractivity contribution in [2.75, 3.05) is 37.2 Å². The second kappa shape index (κ2) is 24.1. The summed E-state index contributed by atoms with van der Waals surface area (Å²) in [6.07, 6.45) is 4.22. The van der Waals surface area contributed by atoms with Crippen LogP contribution in [0.3, 0.4) is 0 Å². The SMILES string of the molecule is COc1ccc(-c2ccc(CN(C(=O)CC(C)(C)C)c3nccc4cc(O)ccc34)cc2)cc1C.COc1ccc(-c2ccc(CN(C(=O)CC(C)(C)C)c3nccc4cc(OCC(C)CO)ccc34)cc2)cc1C. The van der Waals surface area contributed by atoms with E-state index in [4.69, 9.17) is 14.2 Å². The first-order valence-corrected chi connectivity index (χ1v) is 25.5. The number of phenolic OH excluding ortho intramolecular Hbond substituents is 1. The molecule has 8 rings (SSSR count). The number of aliphatic hydroxyl groups excluding tert-OH is 1. The van der Waals surface area contributed by atoms with E-state index in [0.29, 0.717) is 44.2 Å². The molecule has 8 aromatic rings. The largest absolute Gasteiger partial charge is 0.508 e. The van der Waals surface area contributed by atoms with Gasteiger partial charge >= 0.3 is 0 Å². The number of rotatable bonds is 16. The van der Waals surface area contributed by atoms with E-state index in [-0.39, 0.29) is 40.9 Å². The average molecular weight is 1010 g/mol. The van der Waals surface area contributed by atoms with Gasteiger partial charge in [0.2, 0.25) is 11.8 Å². The summed E-state index contributed by atoms with van der Waals surface area (Å²) in [6, 6.07) is 43.7. The van der Waals surface area contributed by atoms with Gasteiger partial charge < -0.3 is 24.4 Å². The quantitative estimate of drug-likeness (QED) is 0.0970. The topological polar surface area (TPSA) is 135 Å². The monoisotopic (exact) mass is 1010 g/mol. The standard InChI is InChI=1S/C34H40N2O4.C30H32N2O3/c1-23(21-37)22-40-29-12-13-30-28(18-29)15-16-35-33(30)36(32(38)19-34(3,4)5)20-25-7-9-26(10-8-25)27-11-14-31(39-6)24(2)17-27;1-20-16-23(10-13-27(20)35-5)22-8-6-21(7-9-22)19-32(28(34)18-30(2,3)4)29-26-12-11-25(33)17-24(26)14-15-31-29/h7-18,23,37H,19-22H2,1-6H3;6-17,33H,18-19H2,1-5H3. The van der Waals surface area contributed by atoms with E-state index in [9.17, 15) is 19.8 Å². The number of methoxy groups -OCH3 is 2. The molecule has 0 aliphatic heterocycles. The maximum Gasteiger partial charge on any atom is 0.229 e. The minimum atomic E-state index is -0.166. The number of fused-ring (bicyclic) bond motifs is 2. The molecule has 2 aromatic heterocycles. The van der Waals surface area contributed by atoms with Crippen molar-refractivity contribution in [1.29, 1.82) is 0 Å². The highest BCUT2D eigenvalue weighted by molar-refractivity contribution is 6.03. The third-order valence-corrected chi connectivity index (χ3v) is 12.8. The predicted molar refractivity (Wildman–Crippen MR) is 304 cm³/mol. The molecule has 0 saturated carbocycles. The number of amides is 2. The molecule has 0 aliphatic rings. The lowest BCUT2D eigenvalue weighted by molar-refractivity contribution is -0.121. The fraction of sp³-hybridized carbons (Fsp3) is 0.312. The van der Waals surface area contributed by atoms with E-state index >= 15 is 0 Å². The average Bonchev–Trinajstić information content (AvgIpc) is 3.37. The first-order chi connectivity index (χ1) is 35.7. The summed E-state index contributed by atoms with van der Waals surface area (Å²) < 4.78 is 16.7. The van der Waals surface area contributed by atoms with Crippen LogP contribution in [-0.2, 0) is 22.7 Å². The van der Waals surface area contributed by atoms with E-state index < -0.39 is 0 Å². The summed E-state index contributed by atoms with van der Waals surface area (Å²) in [5.41, 5.74) is 8.32. The van der Waals surface area contributed by atoms with Gasteiger partial charge in [-0.3, -0.25) is 19.4 Å². The Morgan fingerprint density at radius 3 is 1.40 bits per heavy atom. The highest BCUT2D eigenvalue weighted by atomic mass is 16.5. The Morgan fingerprint density at radius 2 is 0.987 bits per heavy atom. The Labute approximate surface area is 442 Å². The number of benzene rings is 6. The zero-order valence-electron chi connectivity index (χ0n) is 45.4. The highest BCUT2D eigenvalue weighted by Crippen LogP contribution is 2.35. The number of ether oxygens (including phenoxy) is 3. The molecule has 0 fully saturated rings. The third-order valence-electron chi connectivity index (χ3n) is 12.8. The van der Waals surface area contributed by atoms with Crippen LogP contribution in [0, 0.1) is 30.6 Å². The molecular weight excluding hydrogens is 937 g/mol. The van der Waals surface area contributed by atoms with Crippen LogP contribution in [-0.4, -0.2) is 59.4 Å². The normalized spacial score (nSPS) is 11.9. The summed E-state index contributed by atoms with van der Waals surface area (Å²) in [4.78, 5) is 40.0. The molecule has 0 bridgehead atoms.